The molecule has 4 rings (SSSR count). The maximum atomic E-state index is 14.3. The van der Waals surface area contributed by atoms with Crippen LogP contribution in [0, 0.1) is 5.92 Å². The number of anilines is 1. The lowest BCUT2D eigenvalue weighted by atomic mass is 9.94. The third kappa shape index (κ3) is 5.89. The lowest BCUT2D eigenvalue weighted by Gasteiger charge is -2.23. The van der Waals surface area contributed by atoms with Gasteiger partial charge in [0, 0.05) is 35.8 Å². The molecule has 3 heterocycles. The molecule has 2 aromatic rings. The predicted molar refractivity (Wildman–Crippen MR) is 131 cm³/mol. The second kappa shape index (κ2) is 10.1. The number of amides is 1. The van der Waals surface area contributed by atoms with E-state index in [1.165, 1.54) is 0 Å². The summed E-state index contributed by atoms with van der Waals surface area (Å²) < 4.78 is 69.0. The van der Waals surface area contributed by atoms with E-state index in [-0.39, 0.29) is 28.0 Å². The van der Waals surface area contributed by atoms with Crippen molar-refractivity contribution >= 4 is 23.1 Å². The zero-order valence-electron chi connectivity index (χ0n) is 21.1. The molecule has 12 heteroatoms. The first-order chi connectivity index (χ1) is 17.2. The van der Waals surface area contributed by atoms with Crippen molar-refractivity contribution in [3.63, 3.8) is 0 Å². The average molecular weight is 547 g/mol. The summed E-state index contributed by atoms with van der Waals surface area (Å²) in [5, 5.41) is 13.2. The SMILES string of the molecule is C[C@H]1CCCN1C(=O)c1nc([C@H](C)C(C)(C)O)sc1-c1cnc(N[C@@H](C2CC2)C(F)(F)F)cc1C(F)F. The Morgan fingerprint density at radius 2 is 1.92 bits per heavy atom. The molecule has 0 radical (unpaired) electrons. The minimum atomic E-state index is -4.54. The van der Waals surface area contributed by atoms with E-state index in [2.05, 4.69) is 15.3 Å². The molecule has 0 bridgehead atoms. The topological polar surface area (TPSA) is 78.4 Å². The number of hydrogen-bond acceptors (Lipinski definition) is 6. The lowest BCUT2D eigenvalue weighted by Crippen LogP contribution is -2.38. The number of aromatic nitrogens is 2. The van der Waals surface area contributed by atoms with E-state index in [0.29, 0.717) is 24.4 Å². The molecule has 6 nitrogen and oxygen atoms in total. The van der Waals surface area contributed by atoms with Gasteiger partial charge >= 0.3 is 6.18 Å². The number of nitrogens with zero attached hydrogens (tertiary/aromatic N) is 3. The van der Waals surface area contributed by atoms with Gasteiger partial charge in [-0.15, -0.1) is 11.3 Å². The Balaban J connectivity index is 1.78. The molecule has 37 heavy (non-hydrogen) atoms. The van der Waals surface area contributed by atoms with Crippen molar-refractivity contribution in [3.05, 3.63) is 28.5 Å². The normalized spacial score (nSPS) is 20.4. The van der Waals surface area contributed by atoms with Gasteiger partial charge in [-0.1, -0.05) is 6.92 Å². The predicted octanol–water partition coefficient (Wildman–Crippen LogP) is 6.39. The highest BCUT2D eigenvalue weighted by molar-refractivity contribution is 7.15. The molecule has 2 aromatic heterocycles. The first kappa shape index (κ1) is 27.7. The zero-order chi connectivity index (χ0) is 27.3. The van der Waals surface area contributed by atoms with Gasteiger partial charge in [0.05, 0.1) is 15.5 Å². The fraction of sp³-hybridized carbons (Fsp3) is 0.640. The van der Waals surface area contributed by atoms with E-state index in [1.807, 2.05) is 6.92 Å². The van der Waals surface area contributed by atoms with Gasteiger partial charge in [-0.3, -0.25) is 4.79 Å². The first-order valence-electron chi connectivity index (χ1n) is 12.3. The molecular weight excluding hydrogens is 515 g/mol. The maximum absolute atomic E-state index is 14.3. The van der Waals surface area contributed by atoms with Crippen LogP contribution in [0.2, 0.25) is 0 Å². The number of hydrogen-bond donors (Lipinski definition) is 2. The van der Waals surface area contributed by atoms with E-state index in [4.69, 9.17) is 0 Å². The average Bonchev–Trinajstić information content (AvgIpc) is 3.39. The second-order valence-corrected chi connectivity index (χ2v) is 11.6. The summed E-state index contributed by atoms with van der Waals surface area (Å²) in [5.74, 6) is -1.83. The van der Waals surface area contributed by atoms with Gasteiger partial charge in [0.2, 0.25) is 0 Å². The lowest BCUT2D eigenvalue weighted by molar-refractivity contribution is -0.146. The van der Waals surface area contributed by atoms with E-state index in [1.54, 1.807) is 25.7 Å². The van der Waals surface area contributed by atoms with Crippen LogP contribution in [0.4, 0.5) is 27.8 Å². The Morgan fingerprint density at radius 3 is 2.43 bits per heavy atom. The molecule has 2 aliphatic rings. The molecule has 204 valence electrons. The third-order valence-electron chi connectivity index (χ3n) is 7.26. The van der Waals surface area contributed by atoms with Crippen LogP contribution in [0.5, 0.6) is 0 Å². The Bertz CT molecular complexity index is 1140. The van der Waals surface area contributed by atoms with Crippen molar-refractivity contribution in [2.75, 3.05) is 11.9 Å². The quantitative estimate of drug-likeness (QED) is 0.375. The number of nitrogens with one attached hydrogen (secondary N) is 1. The number of aliphatic hydroxyl groups is 1. The fourth-order valence-corrected chi connectivity index (χ4v) is 5.82. The van der Waals surface area contributed by atoms with Gasteiger partial charge in [-0.2, -0.15) is 13.2 Å². The van der Waals surface area contributed by atoms with E-state index in [9.17, 15) is 31.9 Å². The van der Waals surface area contributed by atoms with E-state index < -0.39 is 47.6 Å². The van der Waals surface area contributed by atoms with E-state index >= 15 is 0 Å². The van der Waals surface area contributed by atoms with Crippen LogP contribution in [-0.2, 0) is 0 Å². The molecule has 1 saturated carbocycles. The number of carbonyl (C=O) groups excluding carboxylic acids is 1. The van der Waals surface area contributed by atoms with Gasteiger partial charge in [0.1, 0.15) is 17.6 Å². The van der Waals surface area contributed by atoms with Crippen LogP contribution in [-0.4, -0.2) is 56.3 Å². The summed E-state index contributed by atoms with van der Waals surface area (Å²) in [6.45, 7) is 7.32. The van der Waals surface area contributed by atoms with Gasteiger partial charge in [-0.25, -0.2) is 18.7 Å². The molecular formula is C25H31F5N4O2S. The molecule has 1 aliphatic heterocycles. The minimum Gasteiger partial charge on any atom is -0.390 e. The molecule has 1 saturated heterocycles. The number of rotatable bonds is 8. The minimum absolute atomic E-state index is 0.0135. The van der Waals surface area contributed by atoms with Crippen molar-refractivity contribution < 1.29 is 31.9 Å². The first-order valence-corrected chi connectivity index (χ1v) is 13.2. The van der Waals surface area contributed by atoms with Crippen molar-refractivity contribution in [2.45, 2.75) is 89.6 Å². The summed E-state index contributed by atoms with van der Waals surface area (Å²) >= 11 is 1.01. The van der Waals surface area contributed by atoms with Crippen LogP contribution in [0.25, 0.3) is 10.4 Å². The highest BCUT2D eigenvalue weighted by atomic mass is 32.1. The number of likely N-dealkylation sites (tertiary alicyclic amines) is 1. The van der Waals surface area contributed by atoms with Gasteiger partial charge in [-0.05, 0) is 58.4 Å². The molecule has 2 fully saturated rings. The number of alkyl halides is 5. The van der Waals surface area contributed by atoms with Gasteiger partial charge < -0.3 is 15.3 Å². The fourth-order valence-electron chi connectivity index (χ4n) is 4.50. The maximum Gasteiger partial charge on any atom is 0.408 e. The smallest absolute Gasteiger partial charge is 0.390 e. The monoisotopic (exact) mass is 546 g/mol. The molecule has 0 aromatic carbocycles. The standard InChI is InChI=1S/C25H31F5N4O2S/c1-12-6-5-9-34(12)23(35)18-19(37-22(33-18)13(2)24(3,4)36)16-11-31-17(10-15(16)21(26)27)32-20(14-7-8-14)25(28,29)30/h10-14,20-21,36H,5-9H2,1-4H3,(H,31,32)/t12-,13-,20-/m0/s1. The number of pyridine rings is 1. The Morgan fingerprint density at radius 1 is 1.24 bits per heavy atom. The van der Waals surface area contributed by atoms with Crippen molar-refractivity contribution in [2.24, 2.45) is 5.92 Å². The van der Waals surface area contributed by atoms with Gasteiger partial charge in [0.25, 0.3) is 12.3 Å². The highest BCUT2D eigenvalue weighted by Gasteiger charge is 2.49. The molecule has 2 N–H and O–H groups in total. The van der Waals surface area contributed by atoms with Crippen LogP contribution in [0.1, 0.15) is 86.8 Å². The van der Waals surface area contributed by atoms with Crippen LogP contribution in [0.15, 0.2) is 12.3 Å². The molecule has 0 unspecified atom stereocenters. The highest BCUT2D eigenvalue weighted by Crippen LogP contribution is 2.44. The van der Waals surface area contributed by atoms with E-state index in [0.717, 1.165) is 36.4 Å². The number of halogens is 5. The molecule has 3 atom stereocenters. The Kier molecular flexibility index (Phi) is 7.55. The van der Waals surface area contributed by atoms with Crippen molar-refractivity contribution in [3.8, 4) is 10.4 Å². The molecule has 1 aliphatic carbocycles. The third-order valence-corrected chi connectivity index (χ3v) is 8.53. The zero-order valence-corrected chi connectivity index (χ0v) is 21.9. The number of carbonyl (C=O) groups is 1. The van der Waals surface area contributed by atoms with Crippen molar-refractivity contribution in [1.82, 2.24) is 14.9 Å². The van der Waals surface area contributed by atoms with Gasteiger partial charge in [0.15, 0.2) is 0 Å². The summed E-state index contributed by atoms with van der Waals surface area (Å²) in [4.78, 5) is 23.8. The summed E-state index contributed by atoms with van der Waals surface area (Å²) in [5.41, 5.74) is -1.80. The molecule has 1 amide bonds. The molecule has 0 spiro atoms. The van der Waals surface area contributed by atoms with Crippen LogP contribution >= 0.6 is 11.3 Å². The summed E-state index contributed by atoms with van der Waals surface area (Å²) in [7, 11) is 0. The number of thiazole rings is 1. The largest absolute Gasteiger partial charge is 0.408 e. The van der Waals surface area contributed by atoms with Crippen LogP contribution < -0.4 is 5.32 Å². The van der Waals surface area contributed by atoms with Crippen molar-refractivity contribution in [1.29, 1.82) is 0 Å². The van der Waals surface area contributed by atoms with Crippen LogP contribution in [0.3, 0.4) is 0 Å². The Labute approximate surface area is 216 Å². The summed E-state index contributed by atoms with van der Waals surface area (Å²) in [6.07, 6.45) is -4.07. The Hall–Kier alpha value is -2.34. The summed E-state index contributed by atoms with van der Waals surface area (Å²) in [6, 6.07) is -0.988. The second-order valence-electron chi connectivity index (χ2n) is 10.6.